The van der Waals surface area contributed by atoms with Gasteiger partial charge in [0.05, 0.1) is 17.0 Å². The SMILES string of the molecule is CC(=O)Oc1ccc(N2C(=O)CC(N(Cc3ccc4c(c3)OCO4)S(=O)(=O)c3ccc(Br)cc3)C2=O)cc1. The molecule has 1 saturated heterocycles. The Bertz CT molecular complexity index is 1520. The van der Waals surface area contributed by atoms with Gasteiger partial charge in [-0.3, -0.25) is 14.4 Å². The van der Waals surface area contributed by atoms with E-state index in [9.17, 15) is 22.8 Å². The zero-order chi connectivity index (χ0) is 27.0. The largest absolute Gasteiger partial charge is 0.454 e. The molecule has 0 bridgehead atoms. The standard InChI is InChI=1S/C26H21BrN2O8S/c1-16(30)37-20-7-5-19(6-8-20)29-25(31)13-22(26(29)32)28(38(33,34)21-9-3-18(27)4-10-21)14-17-2-11-23-24(12-17)36-15-35-23/h2-12,22H,13-15H2,1H3. The van der Waals surface area contributed by atoms with Crippen molar-refractivity contribution in [3.05, 3.63) is 76.8 Å². The average Bonchev–Trinajstić information content (AvgIpc) is 3.46. The highest BCUT2D eigenvalue weighted by atomic mass is 79.9. The van der Waals surface area contributed by atoms with E-state index in [2.05, 4.69) is 15.9 Å². The number of imide groups is 1. The predicted octanol–water partition coefficient (Wildman–Crippen LogP) is 3.63. The molecule has 1 atom stereocenters. The van der Waals surface area contributed by atoms with Gasteiger partial charge >= 0.3 is 5.97 Å². The number of carbonyl (C=O) groups excluding carboxylic acids is 3. The molecular formula is C26H21BrN2O8S. The maximum absolute atomic E-state index is 13.8. The number of nitrogens with zero attached hydrogens (tertiary/aromatic N) is 2. The van der Waals surface area contributed by atoms with Crippen molar-refractivity contribution in [3.63, 3.8) is 0 Å². The minimum absolute atomic E-state index is 0.0223. The molecule has 3 aromatic carbocycles. The van der Waals surface area contributed by atoms with Gasteiger partial charge in [-0.25, -0.2) is 13.3 Å². The lowest BCUT2D eigenvalue weighted by atomic mass is 10.1. The quantitative estimate of drug-likeness (QED) is 0.229. The number of benzene rings is 3. The Morgan fingerprint density at radius 3 is 2.39 bits per heavy atom. The molecule has 38 heavy (non-hydrogen) atoms. The lowest BCUT2D eigenvalue weighted by Crippen LogP contribution is -2.45. The zero-order valence-corrected chi connectivity index (χ0v) is 22.4. The van der Waals surface area contributed by atoms with Crippen molar-refractivity contribution in [2.24, 2.45) is 0 Å². The summed E-state index contributed by atoms with van der Waals surface area (Å²) in [4.78, 5) is 38.7. The zero-order valence-electron chi connectivity index (χ0n) is 20.0. The Kier molecular flexibility index (Phi) is 6.95. The summed E-state index contributed by atoms with van der Waals surface area (Å²) < 4.78 is 45.2. The highest BCUT2D eigenvalue weighted by Crippen LogP contribution is 2.35. The van der Waals surface area contributed by atoms with Crippen LogP contribution in [-0.2, 0) is 31.0 Å². The summed E-state index contributed by atoms with van der Waals surface area (Å²) in [6.07, 6.45) is -0.342. The minimum atomic E-state index is -4.21. The highest BCUT2D eigenvalue weighted by molar-refractivity contribution is 9.10. The number of carbonyl (C=O) groups is 3. The van der Waals surface area contributed by atoms with Crippen molar-refractivity contribution >= 4 is 49.4 Å². The number of fused-ring (bicyclic) bond motifs is 1. The van der Waals surface area contributed by atoms with E-state index >= 15 is 0 Å². The van der Waals surface area contributed by atoms with E-state index in [4.69, 9.17) is 14.2 Å². The Hall–Kier alpha value is -3.74. The van der Waals surface area contributed by atoms with Gasteiger partial charge in [0.1, 0.15) is 11.8 Å². The van der Waals surface area contributed by atoms with E-state index in [-0.39, 0.29) is 36.1 Å². The van der Waals surface area contributed by atoms with Crippen molar-refractivity contribution in [2.45, 2.75) is 30.8 Å². The molecule has 0 radical (unpaired) electrons. The fourth-order valence-corrected chi connectivity index (χ4v) is 6.10. The van der Waals surface area contributed by atoms with Crippen LogP contribution < -0.4 is 19.1 Å². The molecule has 0 aromatic heterocycles. The van der Waals surface area contributed by atoms with Crippen LogP contribution in [0.25, 0.3) is 0 Å². The Morgan fingerprint density at radius 1 is 1.03 bits per heavy atom. The van der Waals surface area contributed by atoms with Crippen LogP contribution >= 0.6 is 15.9 Å². The number of anilines is 1. The third-order valence-corrected chi connectivity index (χ3v) is 8.42. The average molecular weight is 601 g/mol. The second kappa shape index (κ2) is 10.2. The number of ether oxygens (including phenoxy) is 3. The van der Waals surface area contributed by atoms with Crippen LogP contribution in [0.15, 0.2) is 76.1 Å². The van der Waals surface area contributed by atoms with E-state index in [0.29, 0.717) is 21.5 Å². The molecule has 10 nitrogen and oxygen atoms in total. The van der Waals surface area contributed by atoms with Crippen molar-refractivity contribution in [1.29, 1.82) is 0 Å². The molecule has 0 saturated carbocycles. The summed E-state index contributed by atoms with van der Waals surface area (Å²) in [5.41, 5.74) is 0.793. The molecule has 1 unspecified atom stereocenters. The fraction of sp³-hybridized carbons (Fsp3) is 0.192. The number of hydrogen-bond donors (Lipinski definition) is 0. The number of amides is 2. The maximum atomic E-state index is 13.8. The van der Waals surface area contributed by atoms with Crippen molar-refractivity contribution < 1.29 is 37.0 Å². The first-order chi connectivity index (χ1) is 18.1. The summed E-state index contributed by atoms with van der Waals surface area (Å²) in [5, 5.41) is 0. The van der Waals surface area contributed by atoms with Crippen molar-refractivity contribution in [1.82, 2.24) is 4.31 Å². The van der Waals surface area contributed by atoms with Gasteiger partial charge in [0.25, 0.3) is 5.91 Å². The molecule has 2 amide bonds. The van der Waals surface area contributed by atoms with Gasteiger partial charge in [0, 0.05) is 17.9 Å². The van der Waals surface area contributed by atoms with Gasteiger partial charge in [-0.2, -0.15) is 4.31 Å². The molecule has 5 rings (SSSR count). The van der Waals surface area contributed by atoms with Gasteiger partial charge in [0.2, 0.25) is 22.7 Å². The Balaban J connectivity index is 1.50. The molecule has 2 aliphatic heterocycles. The molecule has 2 heterocycles. The van der Waals surface area contributed by atoms with Crippen molar-refractivity contribution in [2.75, 3.05) is 11.7 Å². The summed E-state index contributed by atoms with van der Waals surface area (Å²) in [5.74, 6) is -0.500. The third kappa shape index (κ3) is 5.02. The Morgan fingerprint density at radius 2 is 1.71 bits per heavy atom. The van der Waals surface area contributed by atoms with Gasteiger partial charge in [0.15, 0.2) is 11.5 Å². The Labute approximate surface area is 226 Å². The molecule has 0 aliphatic carbocycles. The predicted molar refractivity (Wildman–Crippen MR) is 138 cm³/mol. The van der Waals surface area contributed by atoms with Gasteiger partial charge in [-0.05, 0) is 66.2 Å². The monoisotopic (exact) mass is 600 g/mol. The fourth-order valence-electron chi connectivity index (χ4n) is 4.27. The van der Waals surface area contributed by atoms with Crippen LogP contribution in [0.1, 0.15) is 18.9 Å². The second-order valence-electron chi connectivity index (χ2n) is 8.57. The molecule has 3 aromatic rings. The van der Waals surface area contributed by atoms with Gasteiger partial charge < -0.3 is 14.2 Å². The minimum Gasteiger partial charge on any atom is -0.454 e. The lowest BCUT2D eigenvalue weighted by molar-refractivity contribution is -0.132. The van der Waals surface area contributed by atoms with Gasteiger partial charge in [-0.1, -0.05) is 22.0 Å². The number of rotatable bonds is 7. The molecule has 1 fully saturated rings. The summed E-state index contributed by atoms with van der Waals surface area (Å²) in [7, 11) is -4.21. The lowest BCUT2D eigenvalue weighted by Gasteiger charge is -2.27. The van der Waals surface area contributed by atoms with Crippen LogP contribution in [-0.4, -0.2) is 43.3 Å². The van der Waals surface area contributed by atoms with Crippen LogP contribution in [0.2, 0.25) is 0 Å². The maximum Gasteiger partial charge on any atom is 0.308 e. The second-order valence-corrected chi connectivity index (χ2v) is 11.4. The normalized spacial score (nSPS) is 16.8. The summed E-state index contributed by atoms with van der Waals surface area (Å²) in [6.45, 7) is 1.13. The number of esters is 1. The molecule has 12 heteroatoms. The van der Waals surface area contributed by atoms with E-state index in [0.717, 1.165) is 9.21 Å². The number of sulfonamides is 1. The van der Waals surface area contributed by atoms with E-state index in [1.165, 1.54) is 43.3 Å². The molecule has 0 N–H and O–H groups in total. The van der Waals surface area contributed by atoms with Crippen LogP contribution in [0.3, 0.4) is 0 Å². The van der Waals surface area contributed by atoms with Crippen LogP contribution in [0.4, 0.5) is 5.69 Å². The summed E-state index contributed by atoms with van der Waals surface area (Å²) >= 11 is 3.30. The van der Waals surface area contributed by atoms with Crippen LogP contribution in [0, 0.1) is 0 Å². The number of hydrogen-bond acceptors (Lipinski definition) is 8. The number of halogens is 1. The first kappa shape index (κ1) is 25.9. The molecule has 2 aliphatic rings. The van der Waals surface area contributed by atoms with Crippen LogP contribution in [0.5, 0.6) is 17.2 Å². The molecular weight excluding hydrogens is 580 g/mol. The van der Waals surface area contributed by atoms with E-state index in [1.807, 2.05) is 0 Å². The first-order valence-electron chi connectivity index (χ1n) is 11.4. The highest BCUT2D eigenvalue weighted by Gasteiger charge is 2.47. The summed E-state index contributed by atoms with van der Waals surface area (Å²) in [6, 6.07) is 15.6. The topological polar surface area (TPSA) is 120 Å². The molecule has 0 spiro atoms. The van der Waals surface area contributed by atoms with Crippen molar-refractivity contribution in [3.8, 4) is 17.2 Å². The first-order valence-corrected chi connectivity index (χ1v) is 13.7. The third-order valence-electron chi connectivity index (χ3n) is 6.02. The smallest absolute Gasteiger partial charge is 0.308 e. The van der Waals surface area contributed by atoms with Gasteiger partial charge in [-0.15, -0.1) is 0 Å². The van der Waals surface area contributed by atoms with E-state index in [1.54, 1.807) is 30.3 Å². The molecule has 196 valence electrons. The van der Waals surface area contributed by atoms with E-state index < -0.39 is 33.8 Å².